The Morgan fingerprint density at radius 3 is 1.78 bits per heavy atom. The van der Waals surface area contributed by atoms with E-state index in [0.29, 0.717) is 13.1 Å². The molecule has 0 radical (unpaired) electrons. The normalized spacial score (nSPS) is 15.6. The van der Waals surface area contributed by atoms with Crippen LogP contribution in [-0.4, -0.2) is 48.0 Å². The molecule has 166 valence electrons. The third kappa shape index (κ3) is 5.20. The van der Waals surface area contributed by atoms with Crippen LogP contribution in [0.1, 0.15) is 35.2 Å². The number of amides is 1. The maximum Gasteiger partial charge on any atom is 0.263 e. The Morgan fingerprint density at radius 1 is 0.781 bits per heavy atom. The summed E-state index contributed by atoms with van der Waals surface area (Å²) in [5.74, 6) is 0.815. The van der Waals surface area contributed by atoms with E-state index in [9.17, 15) is 4.79 Å². The molecular formula is C28H32N2O2. The molecule has 3 aromatic rings. The maximum atomic E-state index is 13.1. The Hall–Kier alpha value is -3.11. The third-order valence-electron chi connectivity index (χ3n) is 6.08. The number of aryl methyl sites for hydroxylation is 2. The van der Waals surface area contributed by atoms with Gasteiger partial charge in [-0.1, -0.05) is 66.7 Å². The smallest absolute Gasteiger partial charge is 0.263 e. The minimum absolute atomic E-state index is 0.0554. The zero-order valence-corrected chi connectivity index (χ0v) is 19.2. The van der Waals surface area contributed by atoms with Crippen molar-refractivity contribution in [2.24, 2.45) is 0 Å². The summed E-state index contributed by atoms with van der Waals surface area (Å²) in [6.45, 7) is 9.00. The minimum Gasteiger partial charge on any atom is -0.481 e. The average molecular weight is 429 g/mol. The van der Waals surface area contributed by atoms with Gasteiger partial charge in [0, 0.05) is 26.2 Å². The van der Waals surface area contributed by atoms with Crippen molar-refractivity contribution >= 4 is 5.91 Å². The van der Waals surface area contributed by atoms with Gasteiger partial charge in [-0.2, -0.15) is 0 Å². The number of ether oxygens (including phenoxy) is 1. The van der Waals surface area contributed by atoms with Crippen LogP contribution in [0.3, 0.4) is 0 Å². The van der Waals surface area contributed by atoms with Gasteiger partial charge in [-0.25, -0.2) is 0 Å². The quantitative estimate of drug-likeness (QED) is 0.554. The summed E-state index contributed by atoms with van der Waals surface area (Å²) >= 11 is 0. The Balaban J connectivity index is 1.42. The Bertz CT molecular complexity index is 968. The van der Waals surface area contributed by atoms with Crippen LogP contribution in [0.15, 0.2) is 78.9 Å². The molecule has 32 heavy (non-hydrogen) atoms. The average Bonchev–Trinajstić information content (AvgIpc) is 2.80. The predicted molar refractivity (Wildman–Crippen MR) is 129 cm³/mol. The molecule has 1 heterocycles. The molecule has 1 amide bonds. The van der Waals surface area contributed by atoms with Crippen LogP contribution in [0, 0.1) is 13.8 Å². The van der Waals surface area contributed by atoms with E-state index in [1.807, 2.05) is 37.8 Å². The molecule has 0 bridgehead atoms. The second-order valence-corrected chi connectivity index (χ2v) is 8.67. The van der Waals surface area contributed by atoms with E-state index in [-0.39, 0.29) is 11.9 Å². The molecule has 0 aromatic heterocycles. The molecule has 3 aromatic carbocycles. The van der Waals surface area contributed by atoms with Gasteiger partial charge in [-0.3, -0.25) is 9.69 Å². The Morgan fingerprint density at radius 2 is 1.28 bits per heavy atom. The molecule has 4 nitrogen and oxygen atoms in total. The lowest BCUT2D eigenvalue weighted by atomic mass is 9.96. The van der Waals surface area contributed by atoms with Crippen molar-refractivity contribution in [1.82, 2.24) is 9.80 Å². The molecule has 1 aliphatic rings. The molecule has 0 aliphatic carbocycles. The molecule has 0 saturated carbocycles. The standard InChI is InChI=1S/C28H32N2O2/c1-21-18-22(2)20-26(19-21)32-23(3)28(31)30-16-14-29(15-17-30)27(24-10-6-4-7-11-24)25-12-8-5-9-13-25/h4-13,18-20,23,27H,14-17H2,1-3H3/t23-/m1/s1. The molecule has 0 N–H and O–H groups in total. The first-order valence-electron chi connectivity index (χ1n) is 11.4. The van der Waals surface area contributed by atoms with E-state index in [4.69, 9.17) is 4.74 Å². The van der Waals surface area contributed by atoms with E-state index in [0.717, 1.165) is 30.0 Å². The van der Waals surface area contributed by atoms with Crippen LogP contribution in [0.2, 0.25) is 0 Å². The second-order valence-electron chi connectivity index (χ2n) is 8.67. The first-order chi connectivity index (χ1) is 15.5. The number of rotatable bonds is 6. The van der Waals surface area contributed by atoms with Gasteiger partial charge < -0.3 is 9.64 Å². The van der Waals surface area contributed by atoms with Crippen molar-refractivity contribution in [1.29, 1.82) is 0 Å². The highest BCUT2D eigenvalue weighted by molar-refractivity contribution is 5.81. The van der Waals surface area contributed by atoms with E-state index >= 15 is 0 Å². The monoisotopic (exact) mass is 428 g/mol. The molecule has 4 rings (SSSR count). The SMILES string of the molecule is Cc1cc(C)cc(O[C@H](C)C(=O)N2CCN(C(c3ccccc3)c3ccccc3)CC2)c1. The van der Waals surface area contributed by atoms with Gasteiger partial charge in [0.15, 0.2) is 6.10 Å². The summed E-state index contributed by atoms with van der Waals surface area (Å²) in [6.07, 6.45) is -0.498. The van der Waals surface area contributed by atoms with Crippen molar-refractivity contribution < 1.29 is 9.53 Å². The maximum absolute atomic E-state index is 13.1. The van der Waals surface area contributed by atoms with Crippen LogP contribution >= 0.6 is 0 Å². The van der Waals surface area contributed by atoms with E-state index in [1.165, 1.54) is 11.1 Å². The number of benzene rings is 3. The fraction of sp³-hybridized carbons (Fsp3) is 0.321. The van der Waals surface area contributed by atoms with Crippen LogP contribution in [-0.2, 0) is 4.79 Å². The van der Waals surface area contributed by atoms with Crippen LogP contribution in [0.4, 0.5) is 0 Å². The fourth-order valence-corrected chi connectivity index (χ4v) is 4.60. The van der Waals surface area contributed by atoms with Crippen LogP contribution < -0.4 is 4.74 Å². The van der Waals surface area contributed by atoms with Gasteiger partial charge in [-0.05, 0) is 55.2 Å². The summed E-state index contributed by atoms with van der Waals surface area (Å²) in [5, 5.41) is 0. The Kier molecular flexibility index (Phi) is 6.91. The molecule has 0 unspecified atom stereocenters. The molecule has 1 fully saturated rings. The van der Waals surface area contributed by atoms with Crippen molar-refractivity contribution in [3.05, 3.63) is 101 Å². The minimum atomic E-state index is -0.498. The molecule has 0 spiro atoms. The topological polar surface area (TPSA) is 32.8 Å². The highest BCUT2D eigenvalue weighted by Crippen LogP contribution is 2.29. The highest BCUT2D eigenvalue weighted by atomic mass is 16.5. The Labute approximate surface area is 191 Å². The van der Waals surface area contributed by atoms with Gasteiger partial charge in [0.25, 0.3) is 5.91 Å². The lowest BCUT2D eigenvalue weighted by Crippen LogP contribution is -2.52. The lowest BCUT2D eigenvalue weighted by Gasteiger charge is -2.40. The summed E-state index contributed by atoms with van der Waals surface area (Å²) in [7, 11) is 0. The number of hydrogen-bond acceptors (Lipinski definition) is 3. The molecular weight excluding hydrogens is 396 g/mol. The number of carbonyl (C=O) groups is 1. The third-order valence-corrected chi connectivity index (χ3v) is 6.08. The molecule has 1 atom stereocenters. The molecule has 4 heteroatoms. The number of nitrogens with zero attached hydrogens (tertiary/aromatic N) is 2. The summed E-state index contributed by atoms with van der Waals surface area (Å²) in [5.41, 5.74) is 4.84. The summed E-state index contributed by atoms with van der Waals surface area (Å²) in [6, 6.07) is 27.5. The number of piperazine rings is 1. The van der Waals surface area contributed by atoms with Crippen LogP contribution in [0.25, 0.3) is 0 Å². The van der Waals surface area contributed by atoms with E-state index in [2.05, 4.69) is 71.6 Å². The van der Waals surface area contributed by atoms with Gasteiger partial charge in [0.2, 0.25) is 0 Å². The first kappa shape index (κ1) is 22.1. The number of carbonyl (C=O) groups excluding carboxylic acids is 1. The molecule has 1 aliphatic heterocycles. The summed E-state index contributed by atoms with van der Waals surface area (Å²) in [4.78, 5) is 17.5. The van der Waals surface area contributed by atoms with E-state index in [1.54, 1.807) is 0 Å². The van der Waals surface area contributed by atoms with Gasteiger partial charge >= 0.3 is 0 Å². The predicted octanol–water partition coefficient (Wildman–Crippen LogP) is 5.00. The van der Waals surface area contributed by atoms with Crippen LogP contribution in [0.5, 0.6) is 5.75 Å². The van der Waals surface area contributed by atoms with Crippen molar-refractivity contribution in [2.45, 2.75) is 32.9 Å². The fourth-order valence-electron chi connectivity index (χ4n) is 4.60. The van der Waals surface area contributed by atoms with Gasteiger partial charge in [-0.15, -0.1) is 0 Å². The number of hydrogen-bond donors (Lipinski definition) is 0. The first-order valence-corrected chi connectivity index (χ1v) is 11.4. The highest BCUT2D eigenvalue weighted by Gasteiger charge is 2.30. The lowest BCUT2D eigenvalue weighted by molar-refractivity contribution is -0.140. The molecule has 1 saturated heterocycles. The van der Waals surface area contributed by atoms with Gasteiger partial charge in [0.1, 0.15) is 5.75 Å². The zero-order chi connectivity index (χ0) is 22.5. The van der Waals surface area contributed by atoms with Crippen molar-refractivity contribution in [3.8, 4) is 5.75 Å². The zero-order valence-electron chi connectivity index (χ0n) is 19.2. The second kappa shape index (κ2) is 10.0. The summed E-state index contributed by atoms with van der Waals surface area (Å²) < 4.78 is 6.00. The van der Waals surface area contributed by atoms with Crippen molar-refractivity contribution in [2.75, 3.05) is 26.2 Å². The van der Waals surface area contributed by atoms with E-state index < -0.39 is 6.10 Å². The van der Waals surface area contributed by atoms with Crippen molar-refractivity contribution in [3.63, 3.8) is 0 Å². The largest absolute Gasteiger partial charge is 0.481 e. The van der Waals surface area contributed by atoms with Gasteiger partial charge in [0.05, 0.1) is 6.04 Å².